The van der Waals surface area contributed by atoms with Gasteiger partial charge in [0, 0.05) is 6.92 Å². The number of ether oxygens (including phenoxy) is 2. The van der Waals surface area contributed by atoms with Crippen molar-refractivity contribution in [3.8, 4) is 11.5 Å². The molecule has 1 saturated carbocycles. The number of anilines is 1. The molecule has 11 nitrogen and oxygen atoms in total. The van der Waals surface area contributed by atoms with Crippen molar-refractivity contribution in [1.82, 2.24) is 10.3 Å². The van der Waals surface area contributed by atoms with E-state index in [1.807, 2.05) is 5.43 Å². The predicted octanol–water partition coefficient (Wildman–Crippen LogP) is 3.07. The van der Waals surface area contributed by atoms with Crippen LogP contribution in [0.15, 0.2) is 41.5 Å². The molecule has 0 radical (unpaired) electrons. The highest BCUT2D eigenvalue weighted by Gasteiger charge is 2.43. The molecule has 2 aromatic carbocycles. The average molecular weight is 507 g/mol. The van der Waals surface area contributed by atoms with Gasteiger partial charge in [0.1, 0.15) is 0 Å². The lowest BCUT2D eigenvalue weighted by molar-refractivity contribution is -0.122. The highest BCUT2D eigenvalue weighted by molar-refractivity contribution is 6.24. The van der Waals surface area contributed by atoms with Crippen molar-refractivity contribution < 1.29 is 33.4 Å². The standard InChI is InChI=1S/C26H26N4O7/c1-15(32)28-19-9-5-8-18-24(19)26(35)30(25(18)34)20(13-23(33)29-27-14-31)16-10-11-21(36-2)22(12-16)37-17-6-3-4-7-17/h5,8-12,17,20H,3-4,6-7,13H2,1-2H3,(H,28,32)(H,29,33). The zero-order chi connectivity index (χ0) is 26.5. The summed E-state index contributed by atoms with van der Waals surface area (Å²) in [4.78, 5) is 62.8. The summed E-state index contributed by atoms with van der Waals surface area (Å²) in [6, 6.07) is 8.43. The number of imide groups is 1. The van der Waals surface area contributed by atoms with Crippen LogP contribution in [0.1, 0.15) is 71.3 Å². The number of nitrogens with zero attached hydrogens (tertiary/aromatic N) is 2. The lowest BCUT2D eigenvalue weighted by Crippen LogP contribution is -2.37. The topological polar surface area (TPSA) is 143 Å². The number of methoxy groups -OCH3 is 1. The maximum atomic E-state index is 13.6. The molecule has 2 aliphatic rings. The zero-order valence-corrected chi connectivity index (χ0v) is 20.4. The smallest absolute Gasteiger partial charge is 0.264 e. The van der Waals surface area contributed by atoms with Crippen molar-refractivity contribution in [1.29, 1.82) is 0 Å². The lowest BCUT2D eigenvalue weighted by Gasteiger charge is -2.27. The molecule has 1 unspecified atom stereocenters. The van der Waals surface area contributed by atoms with Gasteiger partial charge in [-0.2, -0.15) is 0 Å². The van der Waals surface area contributed by atoms with Crippen LogP contribution in [0.2, 0.25) is 0 Å². The number of carbonyl (C=O) groups excluding carboxylic acids is 5. The maximum Gasteiger partial charge on any atom is 0.264 e. The molecular weight excluding hydrogens is 480 g/mol. The highest BCUT2D eigenvalue weighted by Crippen LogP contribution is 2.40. The van der Waals surface area contributed by atoms with E-state index in [1.165, 1.54) is 32.2 Å². The van der Waals surface area contributed by atoms with Crippen LogP contribution in [-0.2, 0) is 14.4 Å². The quantitative estimate of drug-likeness (QED) is 0.230. The van der Waals surface area contributed by atoms with Crippen LogP contribution in [0, 0.1) is 0 Å². The van der Waals surface area contributed by atoms with Gasteiger partial charge in [-0.3, -0.25) is 24.1 Å². The summed E-state index contributed by atoms with van der Waals surface area (Å²) in [6.07, 6.45) is 4.74. The number of hydrogen-bond acceptors (Lipinski definition) is 8. The van der Waals surface area contributed by atoms with Crippen molar-refractivity contribution in [3.63, 3.8) is 0 Å². The Morgan fingerprint density at radius 1 is 1.14 bits per heavy atom. The fourth-order valence-electron chi connectivity index (χ4n) is 4.72. The Hall–Kier alpha value is -4.50. The van der Waals surface area contributed by atoms with Crippen molar-refractivity contribution in [2.75, 3.05) is 12.4 Å². The summed E-state index contributed by atoms with van der Waals surface area (Å²) in [5.74, 6) is -1.51. The van der Waals surface area contributed by atoms with Crippen LogP contribution < -0.4 is 20.2 Å². The summed E-state index contributed by atoms with van der Waals surface area (Å²) in [5.41, 5.74) is 2.81. The Labute approximate surface area is 212 Å². The molecule has 2 N–H and O–H groups in total. The predicted molar refractivity (Wildman–Crippen MR) is 131 cm³/mol. The summed E-state index contributed by atoms with van der Waals surface area (Å²) in [7, 11) is 1.51. The molecule has 0 spiro atoms. The molecule has 4 amide bonds. The van der Waals surface area contributed by atoms with E-state index in [2.05, 4.69) is 10.4 Å². The van der Waals surface area contributed by atoms with E-state index in [9.17, 15) is 24.0 Å². The highest BCUT2D eigenvalue weighted by atomic mass is 16.5. The van der Waals surface area contributed by atoms with Gasteiger partial charge in [0.2, 0.25) is 11.8 Å². The number of fused-ring (bicyclic) bond motifs is 1. The first kappa shape index (κ1) is 25.6. The van der Waals surface area contributed by atoms with Crippen molar-refractivity contribution in [2.24, 2.45) is 5.10 Å². The van der Waals surface area contributed by atoms with E-state index >= 15 is 0 Å². The van der Waals surface area contributed by atoms with Gasteiger partial charge in [-0.1, -0.05) is 17.2 Å². The maximum absolute atomic E-state index is 13.6. The number of carbonyl (C=O) groups is 4. The second-order valence-corrected chi connectivity index (χ2v) is 8.78. The van der Waals surface area contributed by atoms with E-state index in [0.717, 1.165) is 30.6 Å². The first-order valence-electron chi connectivity index (χ1n) is 11.8. The number of rotatable bonds is 9. The van der Waals surface area contributed by atoms with E-state index in [1.54, 1.807) is 24.3 Å². The summed E-state index contributed by atoms with van der Waals surface area (Å²) < 4.78 is 11.6. The SMILES string of the molecule is COc1ccc(C(CC(=O)NN=C=O)N2C(=O)c3cccc(NC(C)=O)c3C2=O)cc1OC1CCCC1. The molecule has 192 valence electrons. The molecule has 11 heteroatoms. The van der Waals surface area contributed by atoms with Gasteiger partial charge in [0.05, 0.1) is 42.5 Å². The Bertz CT molecular complexity index is 1300. The lowest BCUT2D eigenvalue weighted by atomic mass is 10.0. The third-order valence-electron chi connectivity index (χ3n) is 6.34. The molecule has 2 aromatic rings. The van der Waals surface area contributed by atoms with Crippen LogP contribution in [0.3, 0.4) is 0 Å². The molecule has 0 saturated heterocycles. The second kappa shape index (κ2) is 11.0. The summed E-state index contributed by atoms with van der Waals surface area (Å²) >= 11 is 0. The third-order valence-corrected chi connectivity index (χ3v) is 6.34. The fourth-order valence-corrected chi connectivity index (χ4v) is 4.72. The first-order valence-corrected chi connectivity index (χ1v) is 11.8. The minimum absolute atomic E-state index is 0.00680. The zero-order valence-electron chi connectivity index (χ0n) is 20.4. The Morgan fingerprint density at radius 3 is 2.57 bits per heavy atom. The van der Waals surface area contributed by atoms with Gasteiger partial charge in [-0.15, -0.1) is 0 Å². The van der Waals surface area contributed by atoms with Crippen LogP contribution in [0.5, 0.6) is 11.5 Å². The van der Waals surface area contributed by atoms with Gasteiger partial charge in [0.25, 0.3) is 17.9 Å². The van der Waals surface area contributed by atoms with Crippen molar-refractivity contribution >= 4 is 35.4 Å². The van der Waals surface area contributed by atoms with E-state index < -0.39 is 29.7 Å². The molecule has 1 aliphatic heterocycles. The number of nitrogens with one attached hydrogen (secondary N) is 2. The van der Waals surface area contributed by atoms with Crippen molar-refractivity contribution in [2.45, 2.75) is 51.2 Å². The molecular formula is C26H26N4O7. The third kappa shape index (κ3) is 5.36. The number of hydrogen-bond donors (Lipinski definition) is 2. The van der Waals surface area contributed by atoms with Crippen LogP contribution in [0.4, 0.5) is 5.69 Å². The molecule has 4 rings (SSSR count). The Kier molecular flexibility index (Phi) is 7.64. The Morgan fingerprint density at radius 2 is 1.89 bits per heavy atom. The van der Waals surface area contributed by atoms with E-state index in [0.29, 0.717) is 17.1 Å². The summed E-state index contributed by atoms with van der Waals surface area (Å²) in [5, 5.41) is 5.67. The number of isocyanates is 1. The van der Waals surface area contributed by atoms with Gasteiger partial charge in [0.15, 0.2) is 11.5 Å². The van der Waals surface area contributed by atoms with Gasteiger partial charge >= 0.3 is 0 Å². The minimum Gasteiger partial charge on any atom is -0.493 e. The summed E-state index contributed by atoms with van der Waals surface area (Å²) in [6.45, 7) is 1.29. The molecule has 0 bridgehead atoms. The number of hydrazone groups is 1. The second-order valence-electron chi connectivity index (χ2n) is 8.78. The van der Waals surface area contributed by atoms with E-state index in [-0.39, 0.29) is 29.3 Å². The Balaban J connectivity index is 1.76. The van der Waals surface area contributed by atoms with Crippen molar-refractivity contribution in [3.05, 3.63) is 53.1 Å². The van der Waals surface area contributed by atoms with Crippen LogP contribution >= 0.6 is 0 Å². The van der Waals surface area contributed by atoms with Crippen LogP contribution in [0.25, 0.3) is 0 Å². The normalized spacial score (nSPS) is 15.6. The fraction of sp³-hybridized carbons (Fsp3) is 0.346. The molecule has 0 aromatic heterocycles. The number of amides is 4. The number of benzene rings is 2. The molecule has 1 atom stereocenters. The van der Waals surface area contributed by atoms with E-state index in [4.69, 9.17) is 9.47 Å². The molecule has 1 heterocycles. The minimum atomic E-state index is -1.07. The van der Waals surface area contributed by atoms with Gasteiger partial charge in [-0.05, 0) is 55.5 Å². The van der Waals surface area contributed by atoms with Gasteiger partial charge < -0.3 is 14.8 Å². The molecule has 37 heavy (non-hydrogen) atoms. The first-order chi connectivity index (χ1) is 17.8. The molecule has 1 aliphatic carbocycles. The monoisotopic (exact) mass is 506 g/mol. The van der Waals surface area contributed by atoms with Crippen LogP contribution in [-0.4, -0.2) is 47.8 Å². The molecule has 1 fully saturated rings. The van der Waals surface area contributed by atoms with Gasteiger partial charge in [-0.25, -0.2) is 10.2 Å². The largest absolute Gasteiger partial charge is 0.493 e. The average Bonchev–Trinajstić information content (AvgIpc) is 3.47.